The van der Waals surface area contributed by atoms with E-state index in [2.05, 4.69) is 4.90 Å². The smallest absolute Gasteiger partial charge is 0.308 e. The number of aliphatic hydroxyl groups excluding tert-OH is 1. The number of hydrogen-bond donors (Lipinski definition) is 2. The van der Waals surface area contributed by atoms with E-state index in [0.29, 0.717) is 12.5 Å². The maximum Gasteiger partial charge on any atom is 0.308 e. The number of rotatable bonds is 4. The molecule has 4 nitrogen and oxygen atoms in total. The second-order valence-corrected chi connectivity index (χ2v) is 3.73. The highest BCUT2D eigenvalue weighted by Crippen LogP contribution is 2.21. The predicted octanol–water partition coefficient (Wildman–Crippen LogP) is 0.164. The van der Waals surface area contributed by atoms with Crippen molar-refractivity contribution in [3.05, 3.63) is 0 Å². The van der Waals surface area contributed by atoms with E-state index >= 15 is 0 Å². The lowest BCUT2D eigenvalue weighted by atomic mass is 9.99. The van der Waals surface area contributed by atoms with Gasteiger partial charge in [0.05, 0.1) is 12.5 Å². The summed E-state index contributed by atoms with van der Waals surface area (Å²) in [5, 5.41) is 17.6. The van der Waals surface area contributed by atoms with E-state index < -0.39 is 11.9 Å². The van der Waals surface area contributed by atoms with E-state index in [9.17, 15) is 4.79 Å². The molecule has 2 unspecified atom stereocenters. The van der Waals surface area contributed by atoms with Crippen molar-refractivity contribution in [2.24, 2.45) is 5.92 Å². The van der Waals surface area contributed by atoms with Crippen molar-refractivity contribution >= 4 is 5.97 Å². The molecule has 0 aliphatic carbocycles. The molecule has 13 heavy (non-hydrogen) atoms. The molecule has 1 aliphatic rings. The predicted molar refractivity (Wildman–Crippen MR) is 48.5 cm³/mol. The van der Waals surface area contributed by atoms with Gasteiger partial charge in [-0.1, -0.05) is 0 Å². The molecule has 1 rings (SSSR count). The van der Waals surface area contributed by atoms with Gasteiger partial charge in [-0.3, -0.25) is 4.79 Å². The third-order valence-corrected chi connectivity index (χ3v) is 2.80. The van der Waals surface area contributed by atoms with Crippen molar-refractivity contribution in [3.8, 4) is 0 Å². The van der Waals surface area contributed by atoms with Gasteiger partial charge in [0, 0.05) is 6.04 Å². The van der Waals surface area contributed by atoms with Crippen molar-refractivity contribution in [3.63, 3.8) is 0 Å². The number of aliphatic carboxylic acids is 1. The van der Waals surface area contributed by atoms with Crippen molar-refractivity contribution in [2.45, 2.75) is 25.3 Å². The number of hydrogen-bond acceptors (Lipinski definition) is 3. The molecule has 2 atom stereocenters. The number of nitrogens with zero attached hydrogens (tertiary/aromatic N) is 1. The minimum atomic E-state index is -0.886. The molecule has 76 valence electrons. The van der Waals surface area contributed by atoms with Crippen LogP contribution in [0.5, 0.6) is 0 Å². The highest BCUT2D eigenvalue weighted by atomic mass is 16.4. The van der Waals surface area contributed by atoms with Crippen molar-refractivity contribution in [2.75, 3.05) is 20.2 Å². The molecular formula is C9H17NO3. The molecule has 0 amide bonds. The van der Waals surface area contributed by atoms with E-state index in [4.69, 9.17) is 10.2 Å². The first kappa shape index (κ1) is 10.5. The van der Waals surface area contributed by atoms with Gasteiger partial charge in [0.1, 0.15) is 0 Å². The molecule has 0 spiro atoms. The van der Waals surface area contributed by atoms with Gasteiger partial charge in [-0.15, -0.1) is 0 Å². The van der Waals surface area contributed by atoms with E-state index in [-0.39, 0.29) is 6.61 Å². The van der Waals surface area contributed by atoms with E-state index in [1.165, 1.54) is 0 Å². The van der Waals surface area contributed by atoms with Crippen molar-refractivity contribution in [1.82, 2.24) is 4.90 Å². The molecule has 0 saturated carbocycles. The highest BCUT2D eigenvalue weighted by molar-refractivity contribution is 5.70. The molecule has 1 heterocycles. The zero-order valence-electron chi connectivity index (χ0n) is 7.94. The lowest BCUT2D eigenvalue weighted by molar-refractivity contribution is -0.143. The molecular weight excluding hydrogens is 170 g/mol. The second kappa shape index (κ2) is 4.58. The molecule has 2 N–H and O–H groups in total. The highest BCUT2D eigenvalue weighted by Gasteiger charge is 2.27. The Bertz CT molecular complexity index is 184. The van der Waals surface area contributed by atoms with Crippen LogP contribution < -0.4 is 0 Å². The fraction of sp³-hybridized carbons (Fsp3) is 0.889. The normalized spacial score (nSPS) is 26.2. The van der Waals surface area contributed by atoms with Crippen LogP contribution >= 0.6 is 0 Å². The summed E-state index contributed by atoms with van der Waals surface area (Å²) < 4.78 is 0. The van der Waals surface area contributed by atoms with Crippen LogP contribution in [0.4, 0.5) is 0 Å². The van der Waals surface area contributed by atoms with Crippen LogP contribution in [0.3, 0.4) is 0 Å². The summed E-state index contributed by atoms with van der Waals surface area (Å²) in [6, 6.07) is 0.341. The summed E-state index contributed by atoms with van der Waals surface area (Å²) in [4.78, 5) is 12.8. The third-order valence-electron chi connectivity index (χ3n) is 2.80. The van der Waals surface area contributed by atoms with Crippen LogP contribution in [0.2, 0.25) is 0 Å². The number of likely N-dealkylation sites (tertiary alicyclic amines) is 1. The average molecular weight is 187 g/mol. The van der Waals surface area contributed by atoms with Gasteiger partial charge in [-0.05, 0) is 32.9 Å². The number of aliphatic hydroxyl groups is 1. The van der Waals surface area contributed by atoms with Gasteiger partial charge >= 0.3 is 5.97 Å². The first-order valence-electron chi connectivity index (χ1n) is 4.69. The maximum atomic E-state index is 10.6. The van der Waals surface area contributed by atoms with E-state index in [1.807, 2.05) is 7.05 Å². The Hall–Kier alpha value is -0.610. The van der Waals surface area contributed by atoms with Gasteiger partial charge in [0.25, 0.3) is 0 Å². The number of carboxylic acids is 1. The summed E-state index contributed by atoms with van der Waals surface area (Å²) >= 11 is 0. The Morgan fingerprint density at radius 3 is 2.77 bits per heavy atom. The SMILES string of the molecule is CN1CCCC1CC(CO)C(=O)O. The van der Waals surface area contributed by atoms with Crippen LogP contribution in [0, 0.1) is 5.92 Å². The molecule has 0 aromatic rings. The average Bonchev–Trinajstić information content (AvgIpc) is 2.46. The zero-order valence-corrected chi connectivity index (χ0v) is 7.94. The van der Waals surface area contributed by atoms with Gasteiger partial charge < -0.3 is 15.1 Å². The van der Waals surface area contributed by atoms with Crippen LogP contribution in [0.15, 0.2) is 0 Å². The van der Waals surface area contributed by atoms with Gasteiger partial charge in [-0.2, -0.15) is 0 Å². The maximum absolute atomic E-state index is 10.6. The second-order valence-electron chi connectivity index (χ2n) is 3.73. The molecule has 0 radical (unpaired) electrons. The first-order chi connectivity index (χ1) is 6.15. The molecule has 1 saturated heterocycles. The monoisotopic (exact) mass is 187 g/mol. The molecule has 0 aromatic carbocycles. The molecule has 4 heteroatoms. The third kappa shape index (κ3) is 2.67. The number of carbonyl (C=O) groups is 1. The van der Waals surface area contributed by atoms with Gasteiger partial charge in [0.2, 0.25) is 0 Å². The summed E-state index contributed by atoms with van der Waals surface area (Å²) in [5.41, 5.74) is 0. The zero-order chi connectivity index (χ0) is 9.84. The molecule has 1 aliphatic heterocycles. The van der Waals surface area contributed by atoms with Gasteiger partial charge in [-0.25, -0.2) is 0 Å². The quantitative estimate of drug-likeness (QED) is 0.658. The lowest BCUT2D eigenvalue weighted by Gasteiger charge is -2.21. The van der Waals surface area contributed by atoms with Crippen molar-refractivity contribution in [1.29, 1.82) is 0 Å². The largest absolute Gasteiger partial charge is 0.481 e. The van der Waals surface area contributed by atoms with Crippen LogP contribution in [0.1, 0.15) is 19.3 Å². The summed E-state index contributed by atoms with van der Waals surface area (Å²) in [6.45, 7) is 0.794. The fourth-order valence-electron chi connectivity index (χ4n) is 1.86. The molecule has 0 aromatic heterocycles. The Kier molecular flexibility index (Phi) is 3.69. The number of carboxylic acid groups (broad SMARTS) is 1. The molecule has 1 fully saturated rings. The van der Waals surface area contributed by atoms with E-state index in [1.54, 1.807) is 0 Å². The topological polar surface area (TPSA) is 60.8 Å². The lowest BCUT2D eigenvalue weighted by Crippen LogP contribution is -2.31. The molecule has 0 bridgehead atoms. The van der Waals surface area contributed by atoms with Crippen LogP contribution in [-0.2, 0) is 4.79 Å². The van der Waals surface area contributed by atoms with Gasteiger partial charge in [0.15, 0.2) is 0 Å². The van der Waals surface area contributed by atoms with Crippen molar-refractivity contribution < 1.29 is 15.0 Å². The van der Waals surface area contributed by atoms with Crippen LogP contribution in [-0.4, -0.2) is 47.3 Å². The Morgan fingerprint density at radius 2 is 2.38 bits per heavy atom. The minimum Gasteiger partial charge on any atom is -0.481 e. The Labute approximate surface area is 78.2 Å². The summed E-state index contributed by atoms with van der Waals surface area (Å²) in [7, 11) is 2.01. The summed E-state index contributed by atoms with van der Waals surface area (Å²) in [5.74, 6) is -1.48. The minimum absolute atomic E-state index is 0.250. The van der Waals surface area contributed by atoms with Crippen LogP contribution in [0.25, 0.3) is 0 Å². The first-order valence-corrected chi connectivity index (χ1v) is 4.69. The standard InChI is InChI=1S/C9H17NO3/c1-10-4-2-3-8(10)5-7(6-11)9(12)13/h7-8,11H,2-6H2,1H3,(H,12,13). The van der Waals surface area contributed by atoms with E-state index in [0.717, 1.165) is 19.4 Å². The fourth-order valence-corrected chi connectivity index (χ4v) is 1.86. The Balaban J connectivity index is 2.41. The summed E-state index contributed by atoms with van der Waals surface area (Å²) in [6.07, 6.45) is 2.77. The Morgan fingerprint density at radius 1 is 1.69 bits per heavy atom.